The summed E-state index contributed by atoms with van der Waals surface area (Å²) in [6, 6.07) is -1.12. The molecule has 0 aromatic carbocycles. The number of amides is 3. The molecule has 0 radical (unpaired) electrons. The number of piperazine rings is 1. The van der Waals surface area contributed by atoms with E-state index in [4.69, 9.17) is 4.74 Å². The van der Waals surface area contributed by atoms with Gasteiger partial charge in [0, 0.05) is 39.1 Å². The van der Waals surface area contributed by atoms with Gasteiger partial charge in [-0.15, -0.1) is 0 Å². The zero-order valence-electron chi connectivity index (χ0n) is 11.3. The molecule has 0 aromatic rings. The topological polar surface area (TPSA) is 108 Å². The second-order valence-corrected chi connectivity index (χ2v) is 5.09. The normalized spacial score (nSPS) is 25.8. The van der Waals surface area contributed by atoms with E-state index >= 15 is 0 Å². The third-order valence-electron chi connectivity index (χ3n) is 3.86. The Labute approximate surface area is 116 Å². The predicted molar refractivity (Wildman–Crippen MR) is 68.1 cm³/mol. The highest BCUT2D eigenvalue weighted by molar-refractivity contribution is 5.91. The van der Waals surface area contributed by atoms with E-state index in [2.05, 4.69) is 10.6 Å². The maximum atomic E-state index is 12.3. The number of carboxylic acid groups (broad SMARTS) is 1. The van der Waals surface area contributed by atoms with E-state index in [1.54, 1.807) is 6.92 Å². The number of nitrogens with zero attached hydrogens (tertiary/aromatic N) is 1. The Morgan fingerprint density at radius 3 is 2.70 bits per heavy atom. The fourth-order valence-corrected chi connectivity index (χ4v) is 2.45. The van der Waals surface area contributed by atoms with Gasteiger partial charge >= 0.3 is 12.0 Å². The van der Waals surface area contributed by atoms with Gasteiger partial charge in [0.05, 0.1) is 0 Å². The molecule has 3 N–H and O–H groups in total. The summed E-state index contributed by atoms with van der Waals surface area (Å²) in [6.07, 6.45) is 0.449. The molecule has 0 bridgehead atoms. The van der Waals surface area contributed by atoms with Crippen LogP contribution in [0.1, 0.15) is 19.8 Å². The molecule has 112 valence electrons. The first kappa shape index (κ1) is 14.6. The molecule has 2 fully saturated rings. The molecule has 0 aliphatic carbocycles. The van der Waals surface area contributed by atoms with Crippen LogP contribution in [0.3, 0.4) is 0 Å². The van der Waals surface area contributed by atoms with Crippen molar-refractivity contribution < 1.29 is 24.2 Å². The van der Waals surface area contributed by atoms with Gasteiger partial charge in [-0.05, 0) is 6.92 Å². The Morgan fingerprint density at radius 1 is 1.45 bits per heavy atom. The van der Waals surface area contributed by atoms with E-state index in [1.165, 1.54) is 4.90 Å². The summed E-state index contributed by atoms with van der Waals surface area (Å²) in [7, 11) is 0. The molecule has 2 rings (SSSR count). The molecular formula is C12H19N3O5. The third kappa shape index (κ3) is 2.69. The smallest absolute Gasteiger partial charge is 0.329 e. The summed E-state index contributed by atoms with van der Waals surface area (Å²) in [5.74, 6) is -1.30. The van der Waals surface area contributed by atoms with Crippen LogP contribution in [0.2, 0.25) is 0 Å². The van der Waals surface area contributed by atoms with Crippen LogP contribution in [0.15, 0.2) is 0 Å². The van der Waals surface area contributed by atoms with Crippen molar-refractivity contribution in [3.8, 4) is 0 Å². The Hall–Kier alpha value is -1.83. The van der Waals surface area contributed by atoms with Gasteiger partial charge in [0.25, 0.3) is 0 Å². The van der Waals surface area contributed by atoms with Crippen LogP contribution in [-0.2, 0) is 14.3 Å². The lowest BCUT2D eigenvalue weighted by molar-refractivity contribution is -0.148. The number of aliphatic carboxylic acids is 1. The minimum Gasteiger partial charge on any atom is -0.480 e. The number of ether oxygens (including phenoxy) is 1. The SMILES string of the molecule is CC1C(=O)NCCN1C(=O)NC1(C(=O)O)CCOCC1. The van der Waals surface area contributed by atoms with Crippen molar-refractivity contribution in [2.45, 2.75) is 31.3 Å². The van der Waals surface area contributed by atoms with Crippen molar-refractivity contribution in [3.63, 3.8) is 0 Å². The number of nitrogens with one attached hydrogen (secondary N) is 2. The first-order valence-electron chi connectivity index (χ1n) is 6.64. The average Bonchev–Trinajstić information content (AvgIpc) is 2.42. The van der Waals surface area contributed by atoms with Crippen LogP contribution in [-0.4, -0.2) is 65.8 Å². The minimum atomic E-state index is -1.30. The van der Waals surface area contributed by atoms with Gasteiger partial charge in [0.15, 0.2) is 0 Å². The molecule has 20 heavy (non-hydrogen) atoms. The molecule has 0 spiro atoms. The van der Waals surface area contributed by atoms with Gasteiger partial charge in [0.2, 0.25) is 5.91 Å². The van der Waals surface area contributed by atoms with Crippen LogP contribution >= 0.6 is 0 Å². The van der Waals surface area contributed by atoms with Gasteiger partial charge in [0.1, 0.15) is 11.6 Å². The van der Waals surface area contributed by atoms with Crippen molar-refractivity contribution in [2.75, 3.05) is 26.3 Å². The first-order chi connectivity index (χ1) is 9.46. The first-order valence-corrected chi connectivity index (χ1v) is 6.64. The van der Waals surface area contributed by atoms with Crippen LogP contribution in [0, 0.1) is 0 Å². The van der Waals surface area contributed by atoms with Crippen LogP contribution in [0.4, 0.5) is 4.79 Å². The lowest BCUT2D eigenvalue weighted by Gasteiger charge is -2.38. The lowest BCUT2D eigenvalue weighted by atomic mass is 9.90. The molecule has 2 aliphatic rings. The zero-order chi connectivity index (χ0) is 14.8. The number of hydrogen-bond acceptors (Lipinski definition) is 4. The van der Waals surface area contributed by atoms with E-state index in [-0.39, 0.29) is 18.7 Å². The van der Waals surface area contributed by atoms with Gasteiger partial charge in [-0.1, -0.05) is 0 Å². The highest BCUT2D eigenvalue weighted by Crippen LogP contribution is 2.22. The number of carbonyl (C=O) groups is 3. The quantitative estimate of drug-likeness (QED) is 0.612. The summed E-state index contributed by atoms with van der Waals surface area (Å²) in [6.45, 7) is 2.95. The standard InChI is InChI=1S/C12H19N3O5/c1-8-9(16)13-4-5-15(8)11(19)14-12(10(17)18)2-6-20-7-3-12/h8H,2-7H2,1H3,(H,13,16)(H,14,19)(H,17,18). The molecular weight excluding hydrogens is 266 g/mol. The van der Waals surface area contributed by atoms with Crippen molar-refractivity contribution in [3.05, 3.63) is 0 Å². The predicted octanol–water partition coefficient (Wildman–Crippen LogP) is -0.850. The van der Waals surface area contributed by atoms with Crippen molar-refractivity contribution in [2.24, 2.45) is 0 Å². The van der Waals surface area contributed by atoms with Crippen molar-refractivity contribution in [1.29, 1.82) is 0 Å². The second kappa shape index (κ2) is 5.66. The summed E-state index contributed by atoms with van der Waals surface area (Å²) < 4.78 is 5.15. The highest BCUT2D eigenvalue weighted by Gasteiger charge is 2.43. The highest BCUT2D eigenvalue weighted by atomic mass is 16.5. The largest absolute Gasteiger partial charge is 0.480 e. The summed E-state index contributed by atoms with van der Waals surface area (Å²) in [5, 5.41) is 14.6. The number of rotatable bonds is 2. The van der Waals surface area contributed by atoms with E-state index in [0.29, 0.717) is 26.3 Å². The maximum absolute atomic E-state index is 12.3. The molecule has 2 saturated heterocycles. The number of hydrogen-bond donors (Lipinski definition) is 3. The molecule has 2 aliphatic heterocycles. The van der Waals surface area contributed by atoms with Gasteiger partial charge in [-0.3, -0.25) is 4.79 Å². The maximum Gasteiger partial charge on any atom is 0.329 e. The number of carbonyl (C=O) groups excluding carboxylic acids is 2. The Bertz CT molecular complexity index is 419. The molecule has 0 saturated carbocycles. The van der Waals surface area contributed by atoms with Gasteiger partial charge < -0.3 is 25.4 Å². The number of urea groups is 1. The summed E-state index contributed by atoms with van der Waals surface area (Å²) in [4.78, 5) is 36.6. The van der Waals surface area contributed by atoms with Crippen molar-refractivity contribution in [1.82, 2.24) is 15.5 Å². The van der Waals surface area contributed by atoms with Gasteiger partial charge in [-0.25, -0.2) is 9.59 Å². The molecule has 3 amide bonds. The molecule has 0 aromatic heterocycles. The summed E-state index contributed by atoms with van der Waals surface area (Å²) in [5.41, 5.74) is -1.30. The second-order valence-electron chi connectivity index (χ2n) is 5.09. The number of carboxylic acids is 1. The Balaban J connectivity index is 2.08. The van der Waals surface area contributed by atoms with E-state index in [1.807, 2.05) is 0 Å². The minimum absolute atomic E-state index is 0.225. The molecule has 8 nitrogen and oxygen atoms in total. The third-order valence-corrected chi connectivity index (χ3v) is 3.86. The molecule has 1 atom stereocenters. The lowest BCUT2D eigenvalue weighted by Crippen LogP contribution is -2.64. The van der Waals surface area contributed by atoms with E-state index < -0.39 is 23.6 Å². The van der Waals surface area contributed by atoms with Crippen LogP contribution < -0.4 is 10.6 Å². The fraction of sp³-hybridized carbons (Fsp3) is 0.750. The molecule has 1 unspecified atom stereocenters. The Kier molecular flexibility index (Phi) is 4.12. The molecule has 8 heteroatoms. The van der Waals surface area contributed by atoms with Crippen LogP contribution in [0.25, 0.3) is 0 Å². The van der Waals surface area contributed by atoms with E-state index in [9.17, 15) is 19.5 Å². The van der Waals surface area contributed by atoms with E-state index in [0.717, 1.165) is 0 Å². The molecule has 2 heterocycles. The zero-order valence-corrected chi connectivity index (χ0v) is 11.3. The van der Waals surface area contributed by atoms with Gasteiger partial charge in [-0.2, -0.15) is 0 Å². The Morgan fingerprint density at radius 2 is 2.10 bits per heavy atom. The average molecular weight is 285 g/mol. The fourth-order valence-electron chi connectivity index (χ4n) is 2.45. The van der Waals surface area contributed by atoms with Crippen molar-refractivity contribution >= 4 is 17.9 Å². The summed E-state index contributed by atoms with van der Waals surface area (Å²) >= 11 is 0. The van der Waals surface area contributed by atoms with Crippen LogP contribution in [0.5, 0.6) is 0 Å². The monoisotopic (exact) mass is 285 g/mol.